The molecule has 0 aromatic rings. The van der Waals surface area contributed by atoms with Gasteiger partial charge in [0.05, 0.1) is 19.6 Å². The summed E-state index contributed by atoms with van der Waals surface area (Å²) >= 11 is 0. The quantitative estimate of drug-likeness (QED) is 0.448. The molecule has 11 nitrogen and oxygen atoms in total. The highest BCUT2D eigenvalue weighted by Crippen LogP contribution is 2.20. The second kappa shape index (κ2) is 9.49. The molecule has 2 aliphatic heterocycles. The van der Waals surface area contributed by atoms with Crippen LogP contribution in [-0.4, -0.2) is 108 Å². The van der Waals surface area contributed by atoms with E-state index in [1.807, 2.05) is 0 Å². The summed E-state index contributed by atoms with van der Waals surface area (Å²) in [4.78, 5) is 57.5. The Balaban J connectivity index is 2.19. The van der Waals surface area contributed by atoms with Crippen LogP contribution in [-0.2, 0) is 19.1 Å². The van der Waals surface area contributed by atoms with Gasteiger partial charge in [-0.15, -0.1) is 0 Å². The van der Waals surface area contributed by atoms with Gasteiger partial charge >= 0.3 is 6.09 Å². The summed E-state index contributed by atoms with van der Waals surface area (Å²) in [6.07, 6.45) is -1.32. The van der Waals surface area contributed by atoms with Crippen LogP contribution in [0.2, 0.25) is 0 Å². The number of amides is 4. The van der Waals surface area contributed by atoms with Gasteiger partial charge in [0.15, 0.2) is 0 Å². The number of ether oxygens (including phenoxy) is 1. The number of likely N-dealkylation sites (tertiary alicyclic amines) is 1. The Hall–Kier alpha value is -2.69. The summed E-state index contributed by atoms with van der Waals surface area (Å²) in [6, 6.07) is -1.93. The van der Waals surface area contributed by atoms with Crippen LogP contribution < -0.4 is 5.32 Å². The smallest absolute Gasteiger partial charge is 0.405 e. The van der Waals surface area contributed by atoms with Crippen LogP contribution in [0.15, 0.2) is 4.99 Å². The molecule has 4 amide bonds. The molecule has 2 aliphatic rings. The normalized spacial score (nSPS) is 21.5. The van der Waals surface area contributed by atoms with E-state index in [0.29, 0.717) is 32.1 Å². The van der Waals surface area contributed by atoms with E-state index < -0.39 is 30.0 Å². The molecule has 156 valence electrons. The summed E-state index contributed by atoms with van der Waals surface area (Å²) in [5.41, 5.74) is 0. The lowest BCUT2D eigenvalue weighted by Crippen LogP contribution is -2.54. The zero-order valence-corrected chi connectivity index (χ0v) is 16.4. The molecule has 2 heterocycles. The molecule has 11 heteroatoms. The van der Waals surface area contributed by atoms with E-state index in [0.717, 1.165) is 0 Å². The number of hydrogen-bond acceptors (Lipinski definition) is 5. The first-order valence-corrected chi connectivity index (χ1v) is 9.12. The van der Waals surface area contributed by atoms with Gasteiger partial charge in [0.1, 0.15) is 17.9 Å². The number of carboxylic acid groups (broad SMARTS) is 1. The predicted octanol–water partition coefficient (Wildman–Crippen LogP) is -1.02. The van der Waals surface area contributed by atoms with Crippen LogP contribution in [0.5, 0.6) is 0 Å². The van der Waals surface area contributed by atoms with Gasteiger partial charge in [0, 0.05) is 33.7 Å². The standard InChI is InChI=1S/C17H27N5O6/c1-11(20(2)3)18-14(23)10-13(16(25)21-6-8-28-9-7-21)22-5-4-12(15(22)24)19-17(26)27/h12-13,19H,4-10H2,1-3H3,(H,26,27)/b18-11+/t12-,13-/m0/s1. The Morgan fingerprint density at radius 1 is 1.29 bits per heavy atom. The molecule has 0 radical (unpaired) electrons. The average Bonchev–Trinajstić information content (AvgIpc) is 2.99. The minimum Gasteiger partial charge on any atom is -0.465 e. The highest BCUT2D eigenvalue weighted by Gasteiger charge is 2.42. The third-order valence-corrected chi connectivity index (χ3v) is 4.82. The lowest BCUT2D eigenvalue weighted by Gasteiger charge is -2.34. The second-order valence-corrected chi connectivity index (χ2v) is 6.93. The van der Waals surface area contributed by atoms with E-state index in [-0.39, 0.29) is 25.3 Å². The van der Waals surface area contributed by atoms with Crippen molar-refractivity contribution in [3.05, 3.63) is 0 Å². The molecule has 0 spiro atoms. The molecule has 2 atom stereocenters. The molecule has 28 heavy (non-hydrogen) atoms. The molecule has 2 rings (SSSR count). The summed E-state index contributed by atoms with van der Waals surface area (Å²) in [5, 5.41) is 11.0. The molecule has 2 fully saturated rings. The third kappa shape index (κ3) is 5.41. The van der Waals surface area contributed by atoms with Crippen molar-refractivity contribution < 1.29 is 29.0 Å². The van der Waals surface area contributed by atoms with Crippen molar-refractivity contribution in [2.24, 2.45) is 4.99 Å². The first-order chi connectivity index (χ1) is 13.2. The number of rotatable bonds is 5. The van der Waals surface area contributed by atoms with Gasteiger partial charge in [-0.05, 0) is 13.3 Å². The summed E-state index contributed by atoms with van der Waals surface area (Å²) in [7, 11) is 3.49. The maximum absolute atomic E-state index is 13.0. The zero-order chi connectivity index (χ0) is 20.8. The molecule has 2 saturated heterocycles. The molecular weight excluding hydrogens is 370 g/mol. The minimum atomic E-state index is -1.31. The number of aliphatic imine (C=N–C) groups is 1. The fraction of sp³-hybridized carbons (Fsp3) is 0.706. The molecule has 0 saturated carbocycles. The zero-order valence-electron chi connectivity index (χ0n) is 16.4. The van der Waals surface area contributed by atoms with E-state index in [1.54, 1.807) is 30.8 Å². The van der Waals surface area contributed by atoms with Crippen molar-refractivity contribution in [1.82, 2.24) is 20.0 Å². The third-order valence-electron chi connectivity index (χ3n) is 4.82. The van der Waals surface area contributed by atoms with Crippen LogP contribution in [0.4, 0.5) is 4.79 Å². The maximum atomic E-state index is 13.0. The fourth-order valence-corrected chi connectivity index (χ4v) is 3.11. The largest absolute Gasteiger partial charge is 0.465 e. The second-order valence-electron chi connectivity index (χ2n) is 6.93. The Morgan fingerprint density at radius 3 is 2.50 bits per heavy atom. The Labute approximate surface area is 163 Å². The highest BCUT2D eigenvalue weighted by atomic mass is 16.5. The average molecular weight is 397 g/mol. The van der Waals surface area contributed by atoms with E-state index in [4.69, 9.17) is 9.84 Å². The molecule has 0 aromatic carbocycles. The van der Waals surface area contributed by atoms with E-state index in [2.05, 4.69) is 10.3 Å². The SMILES string of the molecule is C/C(=N\C(=O)C[C@@H](C(=O)N1CCOCC1)N1CC[C@H](NC(=O)O)C1=O)N(C)C. The first kappa shape index (κ1) is 21.6. The lowest BCUT2D eigenvalue weighted by atomic mass is 10.1. The Bertz CT molecular complexity index is 658. The number of nitrogens with zero attached hydrogens (tertiary/aromatic N) is 4. The summed E-state index contributed by atoms with van der Waals surface area (Å²) in [6.45, 7) is 3.40. The van der Waals surface area contributed by atoms with Crippen LogP contribution in [0, 0.1) is 0 Å². The fourth-order valence-electron chi connectivity index (χ4n) is 3.11. The number of carbonyl (C=O) groups is 4. The van der Waals surface area contributed by atoms with Crippen molar-refractivity contribution >= 4 is 29.7 Å². The number of morpholine rings is 1. The van der Waals surface area contributed by atoms with Crippen molar-refractivity contribution in [3.63, 3.8) is 0 Å². The van der Waals surface area contributed by atoms with Gasteiger partial charge < -0.3 is 29.9 Å². The van der Waals surface area contributed by atoms with E-state index >= 15 is 0 Å². The minimum absolute atomic E-state index is 0.189. The predicted molar refractivity (Wildman–Crippen MR) is 98.9 cm³/mol. The van der Waals surface area contributed by atoms with Gasteiger partial charge in [-0.2, -0.15) is 0 Å². The lowest BCUT2D eigenvalue weighted by molar-refractivity contribution is -0.148. The molecule has 0 bridgehead atoms. The van der Waals surface area contributed by atoms with Gasteiger partial charge in [-0.1, -0.05) is 0 Å². The van der Waals surface area contributed by atoms with Gasteiger partial charge in [-0.25, -0.2) is 9.79 Å². The number of amidine groups is 1. The number of nitrogens with one attached hydrogen (secondary N) is 1. The van der Waals surface area contributed by atoms with Crippen LogP contribution in [0.3, 0.4) is 0 Å². The topological polar surface area (TPSA) is 132 Å². The van der Waals surface area contributed by atoms with Crippen LogP contribution in [0.1, 0.15) is 19.8 Å². The molecule has 0 aliphatic carbocycles. The highest BCUT2D eigenvalue weighted by molar-refractivity contribution is 5.98. The van der Waals surface area contributed by atoms with Crippen molar-refractivity contribution in [1.29, 1.82) is 0 Å². The Kier molecular flexibility index (Phi) is 7.32. The first-order valence-electron chi connectivity index (χ1n) is 9.12. The van der Waals surface area contributed by atoms with Crippen molar-refractivity contribution in [2.45, 2.75) is 31.8 Å². The van der Waals surface area contributed by atoms with Gasteiger partial charge in [0.25, 0.3) is 0 Å². The summed E-state index contributed by atoms with van der Waals surface area (Å²) in [5.74, 6) is -0.880. The van der Waals surface area contributed by atoms with Crippen LogP contribution in [0.25, 0.3) is 0 Å². The molecular formula is C17H27N5O6. The maximum Gasteiger partial charge on any atom is 0.405 e. The van der Waals surface area contributed by atoms with Crippen molar-refractivity contribution in [3.8, 4) is 0 Å². The summed E-state index contributed by atoms with van der Waals surface area (Å²) < 4.78 is 5.25. The van der Waals surface area contributed by atoms with Crippen LogP contribution >= 0.6 is 0 Å². The van der Waals surface area contributed by atoms with Gasteiger partial charge in [0.2, 0.25) is 17.7 Å². The van der Waals surface area contributed by atoms with Gasteiger partial charge in [-0.3, -0.25) is 14.4 Å². The van der Waals surface area contributed by atoms with E-state index in [1.165, 1.54) is 4.90 Å². The van der Waals surface area contributed by atoms with Crippen molar-refractivity contribution in [2.75, 3.05) is 46.9 Å². The molecule has 2 N–H and O–H groups in total. The monoisotopic (exact) mass is 397 g/mol. The number of hydrogen-bond donors (Lipinski definition) is 2. The molecule has 0 unspecified atom stereocenters. The van der Waals surface area contributed by atoms with E-state index in [9.17, 15) is 19.2 Å². The molecule has 0 aromatic heterocycles. The number of carbonyl (C=O) groups excluding carboxylic acids is 3. The Morgan fingerprint density at radius 2 is 1.93 bits per heavy atom.